The van der Waals surface area contributed by atoms with E-state index < -0.39 is 5.97 Å². The van der Waals surface area contributed by atoms with E-state index in [2.05, 4.69) is 10.6 Å². The Morgan fingerprint density at radius 2 is 1.52 bits per heavy atom. The molecule has 0 aliphatic heterocycles. The standard InChI is InChI=1S/C17H24N2O4/c1-11-8-12(2)17(13(3)9-11)19-15(21)10-18-14(20)6-4-5-7-16(22)23/h8-9H,4-7,10H2,1-3H3,(H,18,20)(H,19,21)(H,22,23). The number of carboxylic acids is 1. The molecule has 0 aliphatic rings. The number of aliphatic carboxylic acids is 1. The lowest BCUT2D eigenvalue weighted by molar-refractivity contribution is -0.137. The van der Waals surface area contributed by atoms with Gasteiger partial charge in [-0.05, 0) is 44.7 Å². The highest BCUT2D eigenvalue weighted by Crippen LogP contribution is 2.21. The summed E-state index contributed by atoms with van der Waals surface area (Å²) in [6.07, 6.45) is 1.23. The summed E-state index contributed by atoms with van der Waals surface area (Å²) in [7, 11) is 0. The normalized spacial score (nSPS) is 10.2. The first-order valence-corrected chi connectivity index (χ1v) is 7.65. The predicted octanol–water partition coefficient (Wildman–Crippen LogP) is 2.31. The number of carboxylic acid groups (broad SMARTS) is 1. The molecule has 3 N–H and O–H groups in total. The Balaban J connectivity index is 2.37. The quantitative estimate of drug-likeness (QED) is 0.640. The fourth-order valence-corrected chi connectivity index (χ4v) is 2.39. The topological polar surface area (TPSA) is 95.5 Å². The first kappa shape index (κ1) is 18.7. The van der Waals surface area contributed by atoms with Crippen LogP contribution in [0.5, 0.6) is 0 Å². The van der Waals surface area contributed by atoms with Crippen molar-refractivity contribution in [3.63, 3.8) is 0 Å². The Morgan fingerprint density at radius 3 is 2.09 bits per heavy atom. The van der Waals surface area contributed by atoms with Gasteiger partial charge in [0.15, 0.2) is 0 Å². The molecule has 0 aromatic heterocycles. The molecule has 0 atom stereocenters. The van der Waals surface area contributed by atoms with E-state index in [4.69, 9.17) is 5.11 Å². The molecule has 6 nitrogen and oxygen atoms in total. The van der Waals surface area contributed by atoms with Gasteiger partial charge < -0.3 is 15.7 Å². The number of unbranched alkanes of at least 4 members (excludes halogenated alkanes) is 1. The maximum Gasteiger partial charge on any atom is 0.303 e. The SMILES string of the molecule is Cc1cc(C)c(NC(=O)CNC(=O)CCCCC(=O)O)c(C)c1. The highest BCUT2D eigenvalue weighted by Gasteiger charge is 2.10. The molecule has 2 amide bonds. The maximum absolute atomic E-state index is 11.9. The van der Waals surface area contributed by atoms with Crippen molar-refractivity contribution in [3.8, 4) is 0 Å². The Kier molecular flexibility index (Phi) is 7.25. The van der Waals surface area contributed by atoms with Crippen LogP contribution in [0.4, 0.5) is 5.69 Å². The lowest BCUT2D eigenvalue weighted by atomic mass is 10.1. The van der Waals surface area contributed by atoms with Crippen LogP contribution in [0.3, 0.4) is 0 Å². The van der Waals surface area contributed by atoms with Crippen molar-refractivity contribution in [3.05, 3.63) is 28.8 Å². The molecule has 0 bridgehead atoms. The number of hydrogen-bond acceptors (Lipinski definition) is 3. The van der Waals surface area contributed by atoms with Gasteiger partial charge in [0.1, 0.15) is 0 Å². The largest absolute Gasteiger partial charge is 0.481 e. The first-order chi connectivity index (χ1) is 10.8. The molecule has 126 valence electrons. The van der Waals surface area contributed by atoms with Gasteiger partial charge in [-0.15, -0.1) is 0 Å². The summed E-state index contributed by atoms with van der Waals surface area (Å²) >= 11 is 0. The van der Waals surface area contributed by atoms with Crippen molar-refractivity contribution in [2.24, 2.45) is 0 Å². The molecule has 1 aromatic rings. The zero-order valence-corrected chi connectivity index (χ0v) is 13.9. The summed E-state index contributed by atoms with van der Waals surface area (Å²) < 4.78 is 0. The van der Waals surface area contributed by atoms with Gasteiger partial charge in [-0.1, -0.05) is 17.7 Å². The van der Waals surface area contributed by atoms with E-state index in [0.29, 0.717) is 12.8 Å². The summed E-state index contributed by atoms with van der Waals surface area (Å²) in [6, 6.07) is 3.98. The molecule has 1 aromatic carbocycles. The van der Waals surface area contributed by atoms with E-state index in [1.165, 1.54) is 0 Å². The number of carbonyl (C=O) groups excluding carboxylic acids is 2. The lowest BCUT2D eigenvalue weighted by Gasteiger charge is -2.13. The zero-order chi connectivity index (χ0) is 17.4. The van der Waals surface area contributed by atoms with E-state index in [9.17, 15) is 14.4 Å². The Morgan fingerprint density at radius 1 is 0.957 bits per heavy atom. The van der Waals surface area contributed by atoms with Crippen molar-refractivity contribution in [1.29, 1.82) is 0 Å². The average molecular weight is 320 g/mol. The summed E-state index contributed by atoms with van der Waals surface area (Å²) in [6.45, 7) is 5.76. The monoisotopic (exact) mass is 320 g/mol. The highest BCUT2D eigenvalue weighted by molar-refractivity contribution is 5.95. The van der Waals surface area contributed by atoms with Crippen LogP contribution >= 0.6 is 0 Å². The second-order valence-electron chi connectivity index (χ2n) is 5.70. The van der Waals surface area contributed by atoms with Crippen LogP contribution in [0, 0.1) is 20.8 Å². The fraction of sp³-hybridized carbons (Fsp3) is 0.471. The summed E-state index contributed by atoms with van der Waals surface area (Å²) in [5.41, 5.74) is 3.87. The van der Waals surface area contributed by atoms with Crippen LogP contribution in [0.1, 0.15) is 42.4 Å². The number of rotatable bonds is 8. The number of aryl methyl sites for hydroxylation is 3. The Bertz CT molecular complexity index is 573. The van der Waals surface area contributed by atoms with Crippen LogP contribution in [0.2, 0.25) is 0 Å². The van der Waals surface area contributed by atoms with Crippen molar-refractivity contribution < 1.29 is 19.5 Å². The molecular weight excluding hydrogens is 296 g/mol. The second-order valence-corrected chi connectivity index (χ2v) is 5.70. The maximum atomic E-state index is 11.9. The molecule has 1 rings (SSSR count). The smallest absolute Gasteiger partial charge is 0.303 e. The molecule has 0 saturated heterocycles. The van der Waals surface area contributed by atoms with Crippen LogP contribution < -0.4 is 10.6 Å². The summed E-state index contributed by atoms with van der Waals surface area (Å²) in [5.74, 6) is -1.39. The van der Waals surface area contributed by atoms with E-state index in [0.717, 1.165) is 22.4 Å². The number of anilines is 1. The van der Waals surface area contributed by atoms with E-state index >= 15 is 0 Å². The second kappa shape index (κ2) is 8.92. The van der Waals surface area contributed by atoms with E-state index in [1.807, 2.05) is 32.9 Å². The summed E-state index contributed by atoms with van der Waals surface area (Å²) in [4.78, 5) is 33.9. The van der Waals surface area contributed by atoms with Gasteiger partial charge in [-0.25, -0.2) is 0 Å². The number of amides is 2. The van der Waals surface area contributed by atoms with E-state index in [-0.39, 0.29) is 31.2 Å². The number of nitrogens with one attached hydrogen (secondary N) is 2. The third-order valence-corrected chi connectivity index (χ3v) is 3.43. The third-order valence-electron chi connectivity index (χ3n) is 3.43. The average Bonchev–Trinajstić information content (AvgIpc) is 2.45. The van der Waals surface area contributed by atoms with Gasteiger partial charge in [0.05, 0.1) is 6.54 Å². The van der Waals surface area contributed by atoms with Crippen molar-refractivity contribution in [1.82, 2.24) is 5.32 Å². The molecule has 0 heterocycles. The minimum atomic E-state index is -0.867. The van der Waals surface area contributed by atoms with Crippen molar-refractivity contribution in [2.75, 3.05) is 11.9 Å². The van der Waals surface area contributed by atoms with Crippen LogP contribution in [0.25, 0.3) is 0 Å². The molecule has 6 heteroatoms. The first-order valence-electron chi connectivity index (χ1n) is 7.65. The van der Waals surface area contributed by atoms with Gasteiger partial charge in [0.25, 0.3) is 0 Å². The zero-order valence-electron chi connectivity index (χ0n) is 13.9. The number of benzene rings is 1. The molecule has 0 unspecified atom stereocenters. The highest BCUT2D eigenvalue weighted by atomic mass is 16.4. The molecule has 23 heavy (non-hydrogen) atoms. The van der Waals surface area contributed by atoms with E-state index in [1.54, 1.807) is 0 Å². The van der Waals surface area contributed by atoms with Crippen molar-refractivity contribution in [2.45, 2.75) is 46.5 Å². The van der Waals surface area contributed by atoms with Gasteiger partial charge >= 0.3 is 5.97 Å². The predicted molar refractivity (Wildman–Crippen MR) is 88.4 cm³/mol. The Labute approximate surface area is 136 Å². The number of hydrogen-bond donors (Lipinski definition) is 3. The lowest BCUT2D eigenvalue weighted by Crippen LogP contribution is -2.33. The Hall–Kier alpha value is -2.37. The van der Waals surface area contributed by atoms with Crippen LogP contribution in [0.15, 0.2) is 12.1 Å². The molecule has 0 radical (unpaired) electrons. The number of carbonyl (C=O) groups is 3. The molecule has 0 spiro atoms. The molecule has 0 fully saturated rings. The van der Waals surface area contributed by atoms with Crippen LogP contribution in [-0.2, 0) is 14.4 Å². The third kappa shape index (κ3) is 6.95. The van der Waals surface area contributed by atoms with Gasteiger partial charge in [-0.2, -0.15) is 0 Å². The fourth-order valence-electron chi connectivity index (χ4n) is 2.39. The van der Waals surface area contributed by atoms with Gasteiger partial charge in [-0.3, -0.25) is 14.4 Å². The summed E-state index contributed by atoms with van der Waals surface area (Å²) in [5, 5.41) is 13.9. The minimum Gasteiger partial charge on any atom is -0.481 e. The van der Waals surface area contributed by atoms with Crippen LogP contribution in [-0.4, -0.2) is 29.4 Å². The van der Waals surface area contributed by atoms with Gasteiger partial charge in [0.2, 0.25) is 11.8 Å². The minimum absolute atomic E-state index is 0.0553. The van der Waals surface area contributed by atoms with Gasteiger partial charge in [0, 0.05) is 18.5 Å². The molecule has 0 saturated carbocycles. The molecular formula is C17H24N2O4. The molecule has 0 aliphatic carbocycles. The van der Waals surface area contributed by atoms with Crippen molar-refractivity contribution >= 4 is 23.5 Å².